The van der Waals surface area contributed by atoms with Gasteiger partial charge in [0.1, 0.15) is 5.78 Å². The number of ketones is 1. The largest absolute Gasteiger partial charge is 0.300 e. The molecule has 1 nitrogen and oxygen atoms in total. The van der Waals surface area contributed by atoms with Crippen molar-refractivity contribution in [2.75, 3.05) is 0 Å². The summed E-state index contributed by atoms with van der Waals surface area (Å²) < 4.78 is 0. The second kappa shape index (κ2) is 4.08. The summed E-state index contributed by atoms with van der Waals surface area (Å²) in [5.74, 6) is 3.78. The third-order valence-corrected chi connectivity index (χ3v) is 5.90. The topological polar surface area (TPSA) is 17.1 Å². The fraction of sp³-hybridized carbons (Fsp3) is 0.706. The van der Waals surface area contributed by atoms with Crippen LogP contribution in [0.2, 0.25) is 0 Å². The number of Topliss-reactive ketones (excluding diaryl/α,β-unsaturated/α-hetero) is 1. The summed E-state index contributed by atoms with van der Waals surface area (Å²) in [7, 11) is 0. The first-order valence-electron chi connectivity index (χ1n) is 7.76. The zero-order valence-electron chi connectivity index (χ0n) is 11.0. The van der Waals surface area contributed by atoms with Crippen LogP contribution in [0.25, 0.3) is 0 Å². The van der Waals surface area contributed by atoms with Gasteiger partial charge in [0.2, 0.25) is 0 Å². The predicted molar refractivity (Wildman–Crippen MR) is 72.1 cm³/mol. The highest BCUT2D eigenvalue weighted by atomic mass is 16.1. The standard InChI is InChI=1S/C17H22O/c18-13-6-9-15-12(10-13)5-8-16-14-3-1-2-11(14)4-7-17(15)16/h4,7,11-12,14,16H,1-3,5-6,8-10H2. The minimum Gasteiger partial charge on any atom is -0.300 e. The van der Waals surface area contributed by atoms with Crippen LogP contribution in [0.5, 0.6) is 0 Å². The van der Waals surface area contributed by atoms with Gasteiger partial charge in [-0.15, -0.1) is 0 Å². The number of hydrogen-bond donors (Lipinski definition) is 0. The summed E-state index contributed by atoms with van der Waals surface area (Å²) in [4.78, 5) is 11.6. The summed E-state index contributed by atoms with van der Waals surface area (Å²) in [6.45, 7) is 0. The Labute approximate surface area is 109 Å². The second-order valence-electron chi connectivity index (χ2n) is 6.72. The maximum absolute atomic E-state index is 11.6. The molecule has 4 aliphatic carbocycles. The number of hydrogen-bond acceptors (Lipinski definition) is 1. The zero-order chi connectivity index (χ0) is 12.1. The number of rotatable bonds is 0. The van der Waals surface area contributed by atoms with Crippen LogP contribution in [0.3, 0.4) is 0 Å². The van der Waals surface area contributed by atoms with E-state index in [9.17, 15) is 4.79 Å². The summed E-state index contributed by atoms with van der Waals surface area (Å²) in [6.07, 6.45) is 14.6. The van der Waals surface area contributed by atoms with E-state index in [4.69, 9.17) is 0 Å². The van der Waals surface area contributed by atoms with Gasteiger partial charge >= 0.3 is 0 Å². The van der Waals surface area contributed by atoms with Gasteiger partial charge in [-0.1, -0.05) is 24.1 Å². The van der Waals surface area contributed by atoms with Crippen LogP contribution in [0.4, 0.5) is 0 Å². The van der Waals surface area contributed by atoms with Crippen LogP contribution in [-0.4, -0.2) is 5.78 Å². The molecule has 96 valence electrons. The minimum atomic E-state index is 0.501. The highest BCUT2D eigenvalue weighted by Crippen LogP contribution is 2.52. The van der Waals surface area contributed by atoms with E-state index in [0.717, 1.165) is 37.0 Å². The number of carbonyl (C=O) groups excluding carboxylic acids is 1. The molecule has 0 aromatic carbocycles. The quantitative estimate of drug-likeness (QED) is 0.626. The Kier molecular flexibility index (Phi) is 2.50. The van der Waals surface area contributed by atoms with Crippen LogP contribution >= 0.6 is 0 Å². The molecule has 0 heterocycles. The second-order valence-corrected chi connectivity index (χ2v) is 6.72. The number of allylic oxidation sites excluding steroid dienone is 4. The van der Waals surface area contributed by atoms with Crippen molar-refractivity contribution in [3.63, 3.8) is 0 Å². The maximum atomic E-state index is 11.6. The summed E-state index contributed by atoms with van der Waals surface area (Å²) in [6, 6.07) is 0. The molecular formula is C17H22O. The van der Waals surface area contributed by atoms with Crippen molar-refractivity contribution in [3.8, 4) is 0 Å². The first kappa shape index (κ1) is 11.0. The van der Waals surface area contributed by atoms with Gasteiger partial charge in [0.25, 0.3) is 0 Å². The summed E-state index contributed by atoms with van der Waals surface area (Å²) in [5.41, 5.74) is 3.34. The molecule has 0 aromatic heterocycles. The average molecular weight is 242 g/mol. The van der Waals surface area contributed by atoms with Crippen molar-refractivity contribution in [3.05, 3.63) is 23.3 Å². The van der Waals surface area contributed by atoms with E-state index in [1.165, 1.54) is 32.1 Å². The van der Waals surface area contributed by atoms with E-state index in [1.807, 2.05) is 0 Å². The highest BCUT2D eigenvalue weighted by Gasteiger charge is 2.41. The first-order valence-corrected chi connectivity index (χ1v) is 7.76. The van der Waals surface area contributed by atoms with Crippen LogP contribution in [0, 0.1) is 23.7 Å². The van der Waals surface area contributed by atoms with Crippen LogP contribution in [0.1, 0.15) is 51.4 Å². The average Bonchev–Trinajstić information content (AvgIpc) is 2.86. The fourth-order valence-corrected chi connectivity index (χ4v) is 5.07. The Morgan fingerprint density at radius 2 is 2.00 bits per heavy atom. The summed E-state index contributed by atoms with van der Waals surface area (Å²) >= 11 is 0. The lowest BCUT2D eigenvalue weighted by Gasteiger charge is -2.41. The van der Waals surface area contributed by atoms with Gasteiger partial charge in [0, 0.05) is 12.8 Å². The lowest BCUT2D eigenvalue weighted by atomic mass is 9.63. The van der Waals surface area contributed by atoms with Crippen LogP contribution < -0.4 is 0 Å². The molecule has 4 rings (SSSR count). The van der Waals surface area contributed by atoms with Crippen LogP contribution in [0.15, 0.2) is 23.3 Å². The third kappa shape index (κ3) is 1.56. The molecule has 2 saturated carbocycles. The lowest BCUT2D eigenvalue weighted by Crippen LogP contribution is -2.31. The van der Waals surface area contributed by atoms with E-state index >= 15 is 0 Å². The van der Waals surface area contributed by atoms with Gasteiger partial charge in [-0.05, 0) is 61.3 Å². The predicted octanol–water partition coefficient (Wildman–Crippen LogP) is 4.05. The van der Waals surface area contributed by atoms with Crippen molar-refractivity contribution in [1.29, 1.82) is 0 Å². The van der Waals surface area contributed by atoms with Gasteiger partial charge in [-0.3, -0.25) is 4.79 Å². The molecule has 0 aliphatic heterocycles. The molecule has 4 aliphatic rings. The molecule has 0 amide bonds. The molecule has 18 heavy (non-hydrogen) atoms. The van der Waals surface area contributed by atoms with Crippen molar-refractivity contribution < 1.29 is 4.79 Å². The Bertz CT molecular complexity index is 443. The lowest BCUT2D eigenvalue weighted by molar-refractivity contribution is -0.120. The molecule has 4 unspecified atom stereocenters. The molecule has 2 fully saturated rings. The fourth-order valence-electron chi connectivity index (χ4n) is 5.07. The normalized spacial score (nSPS) is 42.6. The highest BCUT2D eigenvalue weighted by molar-refractivity contribution is 5.80. The van der Waals surface area contributed by atoms with E-state index in [2.05, 4.69) is 12.2 Å². The van der Waals surface area contributed by atoms with Gasteiger partial charge in [-0.2, -0.15) is 0 Å². The monoisotopic (exact) mass is 242 g/mol. The molecule has 1 heteroatoms. The molecule has 0 radical (unpaired) electrons. The first-order chi connectivity index (χ1) is 8.83. The maximum Gasteiger partial charge on any atom is 0.133 e. The molecule has 0 N–H and O–H groups in total. The van der Waals surface area contributed by atoms with E-state index in [0.29, 0.717) is 11.7 Å². The minimum absolute atomic E-state index is 0.501. The third-order valence-electron chi connectivity index (χ3n) is 5.90. The van der Waals surface area contributed by atoms with Crippen molar-refractivity contribution in [2.24, 2.45) is 23.7 Å². The summed E-state index contributed by atoms with van der Waals surface area (Å²) in [5, 5.41) is 0. The van der Waals surface area contributed by atoms with Crippen molar-refractivity contribution >= 4 is 5.78 Å². The Hall–Kier alpha value is -0.850. The van der Waals surface area contributed by atoms with Crippen LogP contribution in [-0.2, 0) is 4.79 Å². The van der Waals surface area contributed by atoms with Crippen molar-refractivity contribution in [1.82, 2.24) is 0 Å². The molecule has 0 saturated heterocycles. The SMILES string of the molecule is O=C1CCC2=C3C=CC4CCCC4C3CCC2C1. The Morgan fingerprint density at radius 3 is 2.94 bits per heavy atom. The molecular weight excluding hydrogens is 220 g/mol. The van der Waals surface area contributed by atoms with E-state index < -0.39 is 0 Å². The van der Waals surface area contributed by atoms with E-state index in [1.54, 1.807) is 11.1 Å². The zero-order valence-corrected chi connectivity index (χ0v) is 11.0. The van der Waals surface area contributed by atoms with Gasteiger partial charge < -0.3 is 0 Å². The smallest absolute Gasteiger partial charge is 0.133 e. The van der Waals surface area contributed by atoms with Gasteiger partial charge in [-0.25, -0.2) is 0 Å². The Balaban J connectivity index is 1.72. The number of carbonyl (C=O) groups is 1. The molecule has 0 bridgehead atoms. The van der Waals surface area contributed by atoms with Crippen molar-refractivity contribution in [2.45, 2.75) is 51.4 Å². The van der Waals surface area contributed by atoms with E-state index in [-0.39, 0.29) is 0 Å². The van der Waals surface area contributed by atoms with Gasteiger partial charge in [0.05, 0.1) is 0 Å². The number of fused-ring (bicyclic) bond motifs is 4. The Morgan fingerprint density at radius 1 is 1.06 bits per heavy atom. The molecule has 4 atom stereocenters. The van der Waals surface area contributed by atoms with Gasteiger partial charge in [0.15, 0.2) is 0 Å². The molecule has 0 spiro atoms. The molecule has 0 aromatic rings.